The summed E-state index contributed by atoms with van der Waals surface area (Å²) < 4.78 is 5.70. The fourth-order valence-electron chi connectivity index (χ4n) is 3.92. The lowest BCUT2D eigenvalue weighted by Crippen LogP contribution is -2.53. The Kier molecular flexibility index (Phi) is 5.31. The largest absolute Gasteiger partial charge is 0.376 e. The summed E-state index contributed by atoms with van der Waals surface area (Å²) in [6, 6.07) is 0.220. The number of rotatable bonds is 4. The Hall–Kier alpha value is -0.610. The van der Waals surface area contributed by atoms with Crippen molar-refractivity contribution in [3.05, 3.63) is 0 Å². The van der Waals surface area contributed by atoms with E-state index in [1.54, 1.807) is 0 Å². The molecule has 1 saturated heterocycles. The molecule has 0 radical (unpaired) electrons. The molecule has 0 aromatic heterocycles. The van der Waals surface area contributed by atoms with Crippen molar-refractivity contribution in [2.24, 2.45) is 23.0 Å². The van der Waals surface area contributed by atoms with Gasteiger partial charge >= 0.3 is 0 Å². The molecule has 122 valence electrons. The Labute approximate surface area is 129 Å². The number of likely N-dealkylation sites (N-methyl/N-ethyl adjacent to an activating group) is 1. The average molecular weight is 296 g/mol. The van der Waals surface area contributed by atoms with Crippen LogP contribution in [0.1, 0.15) is 53.4 Å². The maximum absolute atomic E-state index is 13.0. The smallest absolute Gasteiger partial charge is 0.226 e. The van der Waals surface area contributed by atoms with Gasteiger partial charge in [-0.25, -0.2) is 0 Å². The lowest BCUT2D eigenvalue weighted by atomic mass is 9.60. The quantitative estimate of drug-likeness (QED) is 0.867. The van der Waals surface area contributed by atoms with E-state index < -0.39 is 0 Å². The van der Waals surface area contributed by atoms with Crippen LogP contribution in [0.15, 0.2) is 0 Å². The Bertz CT molecular complexity index is 364. The summed E-state index contributed by atoms with van der Waals surface area (Å²) in [6.45, 7) is 11.0. The molecule has 4 unspecified atom stereocenters. The zero-order chi connectivity index (χ0) is 15.6. The predicted octanol–water partition coefficient (Wildman–Crippen LogP) is 2.41. The summed E-state index contributed by atoms with van der Waals surface area (Å²) in [5.74, 6) is 0.770. The summed E-state index contributed by atoms with van der Waals surface area (Å²) in [5, 5.41) is 0. The SMILES string of the molecule is CCN(CC1CCCO1)C(=O)C1CCC(N)C(C)C1(C)C. The van der Waals surface area contributed by atoms with E-state index in [0.29, 0.717) is 11.8 Å². The topological polar surface area (TPSA) is 55.6 Å². The Balaban J connectivity index is 2.05. The minimum absolute atomic E-state index is 0.0291. The molecular formula is C17H32N2O2. The maximum Gasteiger partial charge on any atom is 0.226 e. The summed E-state index contributed by atoms with van der Waals surface area (Å²) in [7, 11) is 0. The van der Waals surface area contributed by atoms with E-state index in [-0.39, 0.29) is 23.5 Å². The van der Waals surface area contributed by atoms with Crippen LogP contribution in [0, 0.1) is 17.3 Å². The third-order valence-corrected chi connectivity index (χ3v) is 5.94. The molecule has 0 aromatic rings. The van der Waals surface area contributed by atoms with Crippen LogP contribution in [-0.4, -0.2) is 42.6 Å². The summed E-state index contributed by atoms with van der Waals surface area (Å²) in [5.41, 5.74) is 6.18. The van der Waals surface area contributed by atoms with Gasteiger partial charge in [-0.2, -0.15) is 0 Å². The van der Waals surface area contributed by atoms with Gasteiger partial charge in [-0.05, 0) is 43.9 Å². The minimum atomic E-state index is -0.0291. The van der Waals surface area contributed by atoms with Crippen molar-refractivity contribution >= 4 is 5.91 Å². The van der Waals surface area contributed by atoms with Crippen LogP contribution in [0.3, 0.4) is 0 Å². The first-order valence-electron chi connectivity index (χ1n) is 8.53. The summed E-state index contributed by atoms with van der Waals surface area (Å²) in [4.78, 5) is 15.0. The van der Waals surface area contributed by atoms with Crippen LogP contribution in [0.25, 0.3) is 0 Å². The number of nitrogens with two attached hydrogens (primary N) is 1. The van der Waals surface area contributed by atoms with E-state index in [9.17, 15) is 4.79 Å². The first-order chi connectivity index (χ1) is 9.87. The van der Waals surface area contributed by atoms with Crippen molar-refractivity contribution in [3.8, 4) is 0 Å². The van der Waals surface area contributed by atoms with Crippen LogP contribution in [0.5, 0.6) is 0 Å². The number of ether oxygens (including phenoxy) is 1. The van der Waals surface area contributed by atoms with Gasteiger partial charge in [-0.15, -0.1) is 0 Å². The molecule has 1 aliphatic heterocycles. The van der Waals surface area contributed by atoms with Crippen LogP contribution in [-0.2, 0) is 9.53 Å². The van der Waals surface area contributed by atoms with Crippen molar-refractivity contribution in [3.63, 3.8) is 0 Å². The Morgan fingerprint density at radius 1 is 1.33 bits per heavy atom. The van der Waals surface area contributed by atoms with E-state index >= 15 is 0 Å². The molecule has 2 N–H and O–H groups in total. The molecular weight excluding hydrogens is 264 g/mol. The van der Waals surface area contributed by atoms with E-state index in [1.807, 2.05) is 4.90 Å². The second-order valence-corrected chi connectivity index (χ2v) is 7.42. The maximum atomic E-state index is 13.0. The van der Waals surface area contributed by atoms with Gasteiger partial charge in [-0.1, -0.05) is 20.8 Å². The van der Waals surface area contributed by atoms with Crippen molar-refractivity contribution < 1.29 is 9.53 Å². The predicted molar refractivity (Wildman–Crippen MR) is 84.9 cm³/mol. The number of carbonyl (C=O) groups excluding carboxylic acids is 1. The van der Waals surface area contributed by atoms with Gasteiger partial charge in [0.15, 0.2) is 0 Å². The molecule has 1 heterocycles. The summed E-state index contributed by atoms with van der Waals surface area (Å²) in [6.07, 6.45) is 4.31. The Morgan fingerprint density at radius 2 is 2.05 bits per heavy atom. The second kappa shape index (κ2) is 6.66. The van der Waals surface area contributed by atoms with E-state index in [1.165, 1.54) is 0 Å². The highest BCUT2D eigenvalue weighted by Crippen LogP contribution is 2.45. The fraction of sp³-hybridized carbons (Fsp3) is 0.941. The van der Waals surface area contributed by atoms with E-state index in [0.717, 1.165) is 45.4 Å². The number of hydrogen-bond donors (Lipinski definition) is 1. The van der Waals surface area contributed by atoms with Gasteiger partial charge in [0.25, 0.3) is 0 Å². The van der Waals surface area contributed by atoms with Crippen LogP contribution in [0.4, 0.5) is 0 Å². The van der Waals surface area contributed by atoms with Crippen molar-refractivity contribution in [2.45, 2.75) is 65.5 Å². The van der Waals surface area contributed by atoms with Gasteiger partial charge < -0.3 is 15.4 Å². The zero-order valence-electron chi connectivity index (χ0n) is 14.1. The molecule has 2 fully saturated rings. The van der Waals surface area contributed by atoms with Crippen molar-refractivity contribution in [1.29, 1.82) is 0 Å². The highest BCUT2D eigenvalue weighted by atomic mass is 16.5. The van der Waals surface area contributed by atoms with Crippen molar-refractivity contribution in [2.75, 3.05) is 19.7 Å². The molecule has 1 aliphatic carbocycles. The highest BCUT2D eigenvalue weighted by Gasteiger charge is 2.46. The first-order valence-corrected chi connectivity index (χ1v) is 8.53. The van der Waals surface area contributed by atoms with Gasteiger partial charge in [-0.3, -0.25) is 4.79 Å². The van der Waals surface area contributed by atoms with Gasteiger partial charge in [0.1, 0.15) is 0 Å². The van der Waals surface area contributed by atoms with Crippen LogP contribution in [0.2, 0.25) is 0 Å². The van der Waals surface area contributed by atoms with E-state index in [4.69, 9.17) is 10.5 Å². The molecule has 1 saturated carbocycles. The zero-order valence-corrected chi connectivity index (χ0v) is 14.1. The number of amides is 1. The fourth-order valence-corrected chi connectivity index (χ4v) is 3.92. The normalized spacial score (nSPS) is 35.7. The first kappa shape index (κ1) is 16.8. The minimum Gasteiger partial charge on any atom is -0.376 e. The lowest BCUT2D eigenvalue weighted by Gasteiger charge is -2.47. The molecule has 2 rings (SSSR count). The molecule has 0 aromatic carbocycles. The van der Waals surface area contributed by atoms with Gasteiger partial charge in [0.05, 0.1) is 6.10 Å². The third-order valence-electron chi connectivity index (χ3n) is 5.94. The number of carbonyl (C=O) groups is 1. The molecule has 4 heteroatoms. The molecule has 21 heavy (non-hydrogen) atoms. The lowest BCUT2D eigenvalue weighted by molar-refractivity contribution is -0.144. The molecule has 4 atom stereocenters. The molecule has 0 spiro atoms. The van der Waals surface area contributed by atoms with Crippen LogP contribution < -0.4 is 5.73 Å². The molecule has 1 amide bonds. The number of hydrogen-bond acceptors (Lipinski definition) is 3. The molecule has 4 nitrogen and oxygen atoms in total. The van der Waals surface area contributed by atoms with Gasteiger partial charge in [0.2, 0.25) is 5.91 Å². The van der Waals surface area contributed by atoms with Crippen LogP contribution >= 0.6 is 0 Å². The third kappa shape index (κ3) is 3.42. The summed E-state index contributed by atoms with van der Waals surface area (Å²) >= 11 is 0. The monoisotopic (exact) mass is 296 g/mol. The number of nitrogens with zero attached hydrogens (tertiary/aromatic N) is 1. The molecule has 0 bridgehead atoms. The Morgan fingerprint density at radius 3 is 2.62 bits per heavy atom. The standard InChI is InChI=1S/C17H32N2O2/c1-5-19(11-13-7-6-10-21-13)16(20)14-8-9-15(18)12(2)17(14,3)4/h12-15H,5-11,18H2,1-4H3. The highest BCUT2D eigenvalue weighted by molar-refractivity contribution is 5.80. The second-order valence-electron chi connectivity index (χ2n) is 7.42. The molecule has 2 aliphatic rings. The average Bonchev–Trinajstić information content (AvgIpc) is 2.94. The van der Waals surface area contributed by atoms with Gasteiger partial charge in [0, 0.05) is 31.7 Å². The van der Waals surface area contributed by atoms with E-state index in [2.05, 4.69) is 27.7 Å². The van der Waals surface area contributed by atoms with Crippen molar-refractivity contribution in [1.82, 2.24) is 4.90 Å².